The van der Waals surface area contributed by atoms with Crippen LogP contribution in [0.5, 0.6) is 0 Å². The van der Waals surface area contributed by atoms with Crippen LogP contribution in [-0.4, -0.2) is 43.2 Å². The fourth-order valence-corrected chi connectivity index (χ4v) is 1.39. The van der Waals surface area contributed by atoms with E-state index in [4.69, 9.17) is 16.5 Å². The largest absolute Gasteiger partial charge is 0.460 e. The number of esters is 1. The maximum Gasteiger partial charge on any atom is 0.324 e. The van der Waals surface area contributed by atoms with E-state index in [1.54, 1.807) is 6.92 Å². The van der Waals surface area contributed by atoms with Crippen LogP contribution in [0.15, 0.2) is 0 Å². The third kappa shape index (κ3) is 3.14. The maximum absolute atomic E-state index is 11.2. The summed E-state index contributed by atoms with van der Waals surface area (Å²) >= 11 is 5.30. The lowest BCUT2D eigenvalue weighted by Crippen LogP contribution is -2.33. The van der Waals surface area contributed by atoms with Gasteiger partial charge in [-0.05, 0) is 32.2 Å². The van der Waals surface area contributed by atoms with Crippen LogP contribution in [0.3, 0.4) is 0 Å². The van der Waals surface area contributed by atoms with Crippen molar-refractivity contribution in [3.05, 3.63) is 0 Å². The molecule has 13 heavy (non-hydrogen) atoms. The summed E-state index contributed by atoms with van der Waals surface area (Å²) in [5.41, 5.74) is 0. The van der Waals surface area contributed by atoms with Crippen LogP contribution in [0.2, 0.25) is 0 Å². The van der Waals surface area contributed by atoms with E-state index in [0.717, 1.165) is 19.5 Å². The SMILES string of the molecule is C[C@H](NCl)C(=O)O[C@H]1CCN(C)C1. The molecule has 1 rings (SSSR count). The number of carbonyl (C=O) groups is 1. The molecule has 0 aromatic heterocycles. The van der Waals surface area contributed by atoms with E-state index < -0.39 is 6.04 Å². The third-order valence-corrected chi connectivity index (χ3v) is 2.48. The van der Waals surface area contributed by atoms with Gasteiger partial charge >= 0.3 is 5.97 Å². The molecule has 2 atom stereocenters. The number of carbonyl (C=O) groups excluding carboxylic acids is 1. The Morgan fingerprint density at radius 1 is 1.77 bits per heavy atom. The summed E-state index contributed by atoms with van der Waals surface area (Å²) in [6.45, 7) is 3.48. The molecule has 1 N–H and O–H groups in total. The topological polar surface area (TPSA) is 41.6 Å². The molecule has 76 valence electrons. The van der Waals surface area contributed by atoms with Crippen molar-refractivity contribution in [2.24, 2.45) is 0 Å². The van der Waals surface area contributed by atoms with Crippen molar-refractivity contribution >= 4 is 17.7 Å². The van der Waals surface area contributed by atoms with Gasteiger partial charge in [-0.2, -0.15) is 0 Å². The summed E-state index contributed by atoms with van der Waals surface area (Å²) in [5, 5.41) is 0. The molecule has 0 aromatic rings. The number of hydrogen-bond donors (Lipinski definition) is 1. The minimum absolute atomic E-state index is 0.0324. The first-order valence-corrected chi connectivity index (χ1v) is 4.76. The third-order valence-electron chi connectivity index (χ3n) is 2.15. The normalized spacial score (nSPS) is 25.9. The van der Waals surface area contributed by atoms with E-state index in [-0.39, 0.29) is 12.1 Å². The number of nitrogens with zero attached hydrogens (tertiary/aromatic N) is 1. The lowest BCUT2D eigenvalue weighted by Gasteiger charge is -2.14. The minimum atomic E-state index is -0.437. The van der Waals surface area contributed by atoms with Crippen molar-refractivity contribution in [2.45, 2.75) is 25.5 Å². The molecule has 1 fully saturated rings. The van der Waals surface area contributed by atoms with Gasteiger partial charge in [0.05, 0.1) is 0 Å². The average molecular weight is 207 g/mol. The van der Waals surface area contributed by atoms with Gasteiger partial charge in [-0.25, -0.2) is 4.84 Å². The number of hydrogen-bond acceptors (Lipinski definition) is 4. The van der Waals surface area contributed by atoms with Crippen LogP contribution >= 0.6 is 11.8 Å². The zero-order valence-corrected chi connectivity index (χ0v) is 8.67. The zero-order chi connectivity index (χ0) is 9.84. The summed E-state index contributed by atoms with van der Waals surface area (Å²) in [6.07, 6.45) is 0.946. The lowest BCUT2D eigenvalue weighted by atomic mass is 10.3. The van der Waals surface area contributed by atoms with Crippen molar-refractivity contribution in [3.8, 4) is 0 Å². The van der Waals surface area contributed by atoms with E-state index >= 15 is 0 Å². The summed E-state index contributed by atoms with van der Waals surface area (Å²) in [5.74, 6) is -0.282. The number of likely N-dealkylation sites (tertiary alicyclic amines) is 1. The minimum Gasteiger partial charge on any atom is -0.460 e. The Morgan fingerprint density at radius 2 is 2.46 bits per heavy atom. The van der Waals surface area contributed by atoms with E-state index in [1.165, 1.54) is 0 Å². The quantitative estimate of drug-likeness (QED) is 0.535. The monoisotopic (exact) mass is 206 g/mol. The highest BCUT2D eigenvalue weighted by atomic mass is 35.5. The molecule has 0 radical (unpaired) electrons. The Balaban J connectivity index is 2.28. The number of ether oxygens (including phenoxy) is 1. The Morgan fingerprint density at radius 3 is 2.92 bits per heavy atom. The maximum atomic E-state index is 11.2. The molecule has 1 aliphatic heterocycles. The van der Waals surface area contributed by atoms with Crippen LogP contribution in [-0.2, 0) is 9.53 Å². The summed E-state index contributed by atoms with van der Waals surface area (Å²) in [7, 11) is 2.01. The van der Waals surface area contributed by atoms with Gasteiger partial charge in [0, 0.05) is 13.1 Å². The van der Waals surface area contributed by atoms with Gasteiger partial charge in [-0.15, -0.1) is 0 Å². The second-order valence-electron chi connectivity index (χ2n) is 3.44. The Hall–Kier alpha value is -0.320. The van der Waals surface area contributed by atoms with Gasteiger partial charge < -0.3 is 9.64 Å². The van der Waals surface area contributed by atoms with Gasteiger partial charge in [0.25, 0.3) is 0 Å². The number of likely N-dealkylation sites (N-methyl/N-ethyl adjacent to an activating group) is 1. The lowest BCUT2D eigenvalue weighted by molar-refractivity contribution is -0.149. The molecule has 4 nitrogen and oxygen atoms in total. The van der Waals surface area contributed by atoms with Gasteiger partial charge in [-0.3, -0.25) is 4.79 Å². The zero-order valence-electron chi connectivity index (χ0n) is 7.92. The molecule has 0 spiro atoms. The Bertz CT molecular complexity index is 189. The molecule has 0 aliphatic carbocycles. The molecule has 1 heterocycles. The first-order valence-electron chi connectivity index (χ1n) is 4.38. The molecule has 1 saturated heterocycles. The summed E-state index contributed by atoms with van der Waals surface area (Å²) in [4.78, 5) is 15.7. The summed E-state index contributed by atoms with van der Waals surface area (Å²) < 4.78 is 5.21. The van der Waals surface area contributed by atoms with E-state index in [1.807, 2.05) is 7.05 Å². The molecular formula is C8H15ClN2O2. The fraction of sp³-hybridized carbons (Fsp3) is 0.875. The van der Waals surface area contributed by atoms with Crippen molar-refractivity contribution < 1.29 is 9.53 Å². The fourth-order valence-electron chi connectivity index (χ4n) is 1.30. The highest BCUT2D eigenvalue weighted by Gasteiger charge is 2.24. The first kappa shape index (κ1) is 10.8. The highest BCUT2D eigenvalue weighted by molar-refractivity contribution is 6.14. The average Bonchev–Trinajstić information content (AvgIpc) is 2.49. The van der Waals surface area contributed by atoms with Crippen molar-refractivity contribution in [2.75, 3.05) is 20.1 Å². The van der Waals surface area contributed by atoms with Gasteiger partial charge in [0.15, 0.2) is 0 Å². The summed E-state index contributed by atoms with van der Waals surface area (Å²) in [6, 6.07) is -0.437. The van der Waals surface area contributed by atoms with Crippen molar-refractivity contribution in [1.29, 1.82) is 0 Å². The highest BCUT2D eigenvalue weighted by Crippen LogP contribution is 2.11. The molecular weight excluding hydrogens is 192 g/mol. The standard InChI is InChI=1S/C8H15ClN2O2/c1-6(10-9)8(12)13-7-3-4-11(2)5-7/h6-7,10H,3-5H2,1-2H3/t6-,7-/m0/s1. The molecule has 5 heteroatoms. The van der Waals surface area contributed by atoms with Crippen LogP contribution in [0.1, 0.15) is 13.3 Å². The van der Waals surface area contributed by atoms with Gasteiger partial charge in [0.1, 0.15) is 12.1 Å². The number of halogens is 1. The van der Waals surface area contributed by atoms with Crippen molar-refractivity contribution in [1.82, 2.24) is 9.74 Å². The molecule has 0 aromatic carbocycles. The van der Waals surface area contributed by atoms with Crippen molar-refractivity contribution in [3.63, 3.8) is 0 Å². The van der Waals surface area contributed by atoms with Crippen LogP contribution in [0.25, 0.3) is 0 Å². The number of rotatable bonds is 3. The Labute approximate surface area is 83.3 Å². The molecule has 0 unspecified atom stereocenters. The first-order chi connectivity index (χ1) is 6.13. The van der Waals surface area contributed by atoms with E-state index in [0.29, 0.717) is 0 Å². The molecule has 0 bridgehead atoms. The predicted octanol–water partition coefficient (Wildman–Crippen LogP) is 0.366. The van der Waals surface area contributed by atoms with E-state index in [2.05, 4.69) is 9.74 Å². The van der Waals surface area contributed by atoms with Gasteiger partial charge in [0.2, 0.25) is 0 Å². The number of nitrogens with one attached hydrogen (secondary N) is 1. The van der Waals surface area contributed by atoms with Gasteiger partial charge in [-0.1, -0.05) is 0 Å². The van der Waals surface area contributed by atoms with Crippen LogP contribution < -0.4 is 4.84 Å². The molecule has 0 saturated carbocycles. The second kappa shape index (κ2) is 4.79. The predicted molar refractivity (Wildman–Crippen MR) is 50.4 cm³/mol. The van der Waals surface area contributed by atoms with E-state index in [9.17, 15) is 4.79 Å². The second-order valence-corrected chi connectivity index (χ2v) is 3.66. The Kier molecular flexibility index (Phi) is 3.96. The van der Waals surface area contributed by atoms with Crippen LogP contribution in [0, 0.1) is 0 Å². The van der Waals surface area contributed by atoms with Crippen LogP contribution in [0.4, 0.5) is 0 Å². The smallest absolute Gasteiger partial charge is 0.324 e. The molecule has 0 amide bonds. The molecule has 1 aliphatic rings.